The largest absolute Gasteiger partial charge is 0.309 e. The predicted molar refractivity (Wildman–Crippen MR) is 68.3 cm³/mol. The summed E-state index contributed by atoms with van der Waals surface area (Å²) in [4.78, 5) is 0. The number of unbranched alkanes of at least 4 members (excludes halogenated alkanes) is 3. The first-order valence-corrected chi connectivity index (χ1v) is 6.44. The molecule has 3 heteroatoms. The van der Waals surface area contributed by atoms with Crippen molar-refractivity contribution >= 4 is 0 Å². The van der Waals surface area contributed by atoms with E-state index in [0.29, 0.717) is 6.04 Å². The van der Waals surface area contributed by atoms with Crippen molar-refractivity contribution in [2.75, 3.05) is 0 Å². The molecule has 0 aliphatic carbocycles. The molecule has 1 aromatic rings. The first kappa shape index (κ1) is 13.2. The fraction of sp³-hybridized carbons (Fsp3) is 0.769. The Hall–Kier alpha value is -0.830. The molecule has 3 nitrogen and oxygen atoms in total. The molecule has 1 heterocycles. The third-order valence-electron chi connectivity index (χ3n) is 2.89. The van der Waals surface area contributed by atoms with Crippen LogP contribution >= 0.6 is 0 Å². The highest BCUT2D eigenvalue weighted by Gasteiger charge is 2.02. The second-order valence-corrected chi connectivity index (χ2v) is 4.61. The van der Waals surface area contributed by atoms with Gasteiger partial charge in [-0.25, -0.2) is 0 Å². The second-order valence-electron chi connectivity index (χ2n) is 4.61. The third kappa shape index (κ3) is 5.31. The lowest BCUT2D eigenvalue weighted by Crippen LogP contribution is -2.25. The van der Waals surface area contributed by atoms with E-state index in [-0.39, 0.29) is 0 Å². The maximum Gasteiger partial charge on any atom is 0.0762 e. The molecule has 92 valence electrons. The molecule has 1 atom stereocenters. The van der Waals surface area contributed by atoms with E-state index in [2.05, 4.69) is 30.3 Å². The van der Waals surface area contributed by atoms with Crippen LogP contribution in [0, 0.1) is 0 Å². The summed E-state index contributed by atoms with van der Waals surface area (Å²) in [6, 6.07) is 2.66. The van der Waals surface area contributed by atoms with Gasteiger partial charge in [-0.1, -0.05) is 32.6 Å². The van der Waals surface area contributed by atoms with Crippen LogP contribution in [-0.4, -0.2) is 15.8 Å². The van der Waals surface area contributed by atoms with Gasteiger partial charge in [0.1, 0.15) is 0 Å². The van der Waals surface area contributed by atoms with Gasteiger partial charge < -0.3 is 5.32 Å². The molecule has 0 bridgehead atoms. The topological polar surface area (TPSA) is 29.9 Å². The Morgan fingerprint density at radius 3 is 2.81 bits per heavy atom. The van der Waals surface area contributed by atoms with Crippen molar-refractivity contribution in [2.45, 2.75) is 58.5 Å². The Labute approximate surface area is 99.2 Å². The minimum Gasteiger partial charge on any atom is -0.309 e. The lowest BCUT2D eigenvalue weighted by Gasteiger charge is -2.12. The molecule has 1 N–H and O–H groups in total. The average Bonchev–Trinajstić information content (AvgIpc) is 2.68. The van der Waals surface area contributed by atoms with Gasteiger partial charge in [0, 0.05) is 25.8 Å². The minimum absolute atomic E-state index is 0.596. The van der Waals surface area contributed by atoms with Crippen molar-refractivity contribution in [3.05, 3.63) is 18.0 Å². The van der Waals surface area contributed by atoms with Crippen LogP contribution in [0.1, 0.15) is 51.6 Å². The maximum absolute atomic E-state index is 4.35. The molecule has 0 fully saturated rings. The molecular formula is C13H25N3. The molecule has 0 radical (unpaired) electrons. The standard InChI is InChI=1S/C13H25N3/c1-4-5-6-7-8-12(2)14-11-13-9-10-16(3)15-13/h9-10,12,14H,4-8,11H2,1-3H3. The molecule has 1 aromatic heterocycles. The molecule has 0 saturated heterocycles. The summed E-state index contributed by atoms with van der Waals surface area (Å²) in [6.45, 7) is 5.40. The van der Waals surface area contributed by atoms with Gasteiger partial charge in [-0.15, -0.1) is 0 Å². The summed E-state index contributed by atoms with van der Waals surface area (Å²) in [7, 11) is 1.96. The summed E-state index contributed by atoms with van der Waals surface area (Å²) < 4.78 is 1.85. The average molecular weight is 223 g/mol. The number of hydrogen-bond donors (Lipinski definition) is 1. The van der Waals surface area contributed by atoms with Crippen LogP contribution in [0.15, 0.2) is 12.3 Å². The molecule has 0 spiro atoms. The lowest BCUT2D eigenvalue weighted by molar-refractivity contribution is 0.478. The summed E-state index contributed by atoms with van der Waals surface area (Å²) >= 11 is 0. The van der Waals surface area contributed by atoms with E-state index < -0.39 is 0 Å². The van der Waals surface area contributed by atoms with Gasteiger partial charge in [0.15, 0.2) is 0 Å². The second kappa shape index (κ2) is 7.44. The molecule has 0 aliphatic rings. The SMILES string of the molecule is CCCCCCC(C)NCc1ccn(C)n1. The Morgan fingerprint density at radius 2 is 2.19 bits per heavy atom. The minimum atomic E-state index is 0.596. The summed E-state index contributed by atoms with van der Waals surface area (Å²) in [6.07, 6.45) is 8.65. The summed E-state index contributed by atoms with van der Waals surface area (Å²) in [5.74, 6) is 0. The Bertz CT molecular complexity index is 280. The van der Waals surface area contributed by atoms with Crippen molar-refractivity contribution < 1.29 is 0 Å². The van der Waals surface area contributed by atoms with E-state index in [0.717, 1.165) is 12.2 Å². The van der Waals surface area contributed by atoms with Crippen molar-refractivity contribution in [1.82, 2.24) is 15.1 Å². The van der Waals surface area contributed by atoms with Crippen LogP contribution in [0.2, 0.25) is 0 Å². The quantitative estimate of drug-likeness (QED) is 0.687. The van der Waals surface area contributed by atoms with Crippen LogP contribution in [-0.2, 0) is 13.6 Å². The van der Waals surface area contributed by atoms with E-state index >= 15 is 0 Å². The first-order valence-electron chi connectivity index (χ1n) is 6.44. The molecule has 16 heavy (non-hydrogen) atoms. The smallest absolute Gasteiger partial charge is 0.0762 e. The van der Waals surface area contributed by atoms with Crippen LogP contribution in [0.4, 0.5) is 0 Å². The van der Waals surface area contributed by atoms with Gasteiger partial charge in [-0.05, 0) is 19.4 Å². The number of aromatic nitrogens is 2. The molecule has 1 rings (SSSR count). The van der Waals surface area contributed by atoms with Crippen molar-refractivity contribution in [2.24, 2.45) is 7.05 Å². The lowest BCUT2D eigenvalue weighted by atomic mass is 10.1. The van der Waals surface area contributed by atoms with Crippen LogP contribution in [0.25, 0.3) is 0 Å². The number of nitrogens with zero attached hydrogens (tertiary/aromatic N) is 2. The highest BCUT2D eigenvalue weighted by atomic mass is 15.3. The summed E-state index contributed by atoms with van der Waals surface area (Å²) in [5.41, 5.74) is 1.13. The number of aryl methyl sites for hydroxylation is 1. The Morgan fingerprint density at radius 1 is 1.38 bits per heavy atom. The van der Waals surface area contributed by atoms with Gasteiger partial charge in [-0.3, -0.25) is 4.68 Å². The van der Waals surface area contributed by atoms with Gasteiger partial charge in [0.05, 0.1) is 5.69 Å². The predicted octanol–water partition coefficient (Wildman–Crippen LogP) is 2.87. The van der Waals surface area contributed by atoms with E-state index in [1.54, 1.807) is 0 Å². The van der Waals surface area contributed by atoms with Gasteiger partial charge in [0.2, 0.25) is 0 Å². The van der Waals surface area contributed by atoms with E-state index in [4.69, 9.17) is 0 Å². The monoisotopic (exact) mass is 223 g/mol. The van der Waals surface area contributed by atoms with Gasteiger partial charge >= 0.3 is 0 Å². The van der Waals surface area contributed by atoms with Crippen molar-refractivity contribution in [3.8, 4) is 0 Å². The maximum atomic E-state index is 4.35. The van der Waals surface area contributed by atoms with E-state index in [1.165, 1.54) is 32.1 Å². The molecule has 0 aliphatic heterocycles. The molecule has 0 saturated carbocycles. The van der Waals surface area contributed by atoms with E-state index in [9.17, 15) is 0 Å². The van der Waals surface area contributed by atoms with Crippen LogP contribution in [0.5, 0.6) is 0 Å². The Kier molecular flexibility index (Phi) is 6.16. The molecular weight excluding hydrogens is 198 g/mol. The molecule has 0 amide bonds. The van der Waals surface area contributed by atoms with Crippen molar-refractivity contribution in [3.63, 3.8) is 0 Å². The Balaban J connectivity index is 2.08. The van der Waals surface area contributed by atoms with Crippen LogP contribution in [0.3, 0.4) is 0 Å². The zero-order chi connectivity index (χ0) is 11.8. The number of hydrogen-bond acceptors (Lipinski definition) is 2. The zero-order valence-electron chi connectivity index (χ0n) is 10.9. The van der Waals surface area contributed by atoms with Crippen LogP contribution < -0.4 is 5.32 Å². The zero-order valence-corrected chi connectivity index (χ0v) is 10.9. The first-order chi connectivity index (χ1) is 7.72. The number of rotatable bonds is 8. The molecule has 1 unspecified atom stereocenters. The number of nitrogens with one attached hydrogen (secondary N) is 1. The third-order valence-corrected chi connectivity index (χ3v) is 2.89. The normalized spacial score (nSPS) is 12.9. The van der Waals surface area contributed by atoms with E-state index in [1.807, 2.05) is 17.9 Å². The highest BCUT2D eigenvalue weighted by Crippen LogP contribution is 2.05. The molecule has 0 aromatic carbocycles. The van der Waals surface area contributed by atoms with Gasteiger partial charge in [0.25, 0.3) is 0 Å². The van der Waals surface area contributed by atoms with Crippen molar-refractivity contribution in [1.29, 1.82) is 0 Å². The summed E-state index contributed by atoms with van der Waals surface area (Å²) in [5, 5.41) is 7.86. The fourth-order valence-corrected chi connectivity index (χ4v) is 1.82. The highest BCUT2D eigenvalue weighted by molar-refractivity contribution is 4.98. The van der Waals surface area contributed by atoms with Gasteiger partial charge in [-0.2, -0.15) is 5.10 Å². The fourth-order valence-electron chi connectivity index (χ4n) is 1.82.